The monoisotopic (exact) mass is 450 g/mol. The van der Waals surface area contributed by atoms with Crippen LogP contribution in [0.3, 0.4) is 0 Å². The second-order valence-electron chi connectivity index (χ2n) is 8.51. The van der Waals surface area contributed by atoms with Crippen molar-refractivity contribution in [1.29, 1.82) is 0 Å². The van der Waals surface area contributed by atoms with Crippen LogP contribution in [-0.2, 0) is 19.4 Å². The highest BCUT2D eigenvalue weighted by Crippen LogP contribution is 2.40. The predicted molar refractivity (Wildman–Crippen MR) is 111 cm³/mol. The van der Waals surface area contributed by atoms with Crippen molar-refractivity contribution < 1.29 is 32.3 Å². The quantitative estimate of drug-likeness (QED) is 0.718. The molecule has 3 aliphatic heterocycles. The zero-order valence-electron chi connectivity index (χ0n) is 17.4. The van der Waals surface area contributed by atoms with Crippen LogP contribution in [0.5, 0.6) is 11.5 Å². The van der Waals surface area contributed by atoms with Crippen LogP contribution in [0.4, 0.5) is 0 Å². The molecule has 1 spiro atoms. The number of fused-ring (bicyclic) bond motifs is 1. The van der Waals surface area contributed by atoms with Crippen LogP contribution in [0.2, 0.25) is 0 Å². The van der Waals surface area contributed by atoms with Crippen molar-refractivity contribution >= 4 is 27.4 Å². The van der Waals surface area contributed by atoms with E-state index in [4.69, 9.17) is 9.47 Å². The Balaban J connectivity index is 1.38. The summed E-state index contributed by atoms with van der Waals surface area (Å²) in [5.41, 5.74) is -0.146. The summed E-state index contributed by atoms with van der Waals surface area (Å²) in [5, 5.41) is 2.67. The fourth-order valence-electron chi connectivity index (χ4n) is 4.40. The van der Waals surface area contributed by atoms with Crippen LogP contribution >= 0.6 is 0 Å². The molecule has 1 atom stereocenters. The van der Waals surface area contributed by atoms with E-state index in [1.54, 1.807) is 23.1 Å². The number of piperidine rings is 1. The molecule has 0 unspecified atom stereocenters. The van der Waals surface area contributed by atoms with Gasteiger partial charge in [0.05, 0.1) is 23.5 Å². The largest absolute Gasteiger partial charge is 0.486 e. The van der Waals surface area contributed by atoms with E-state index in [1.165, 1.54) is 6.92 Å². The first-order chi connectivity index (χ1) is 14.6. The summed E-state index contributed by atoms with van der Waals surface area (Å²) in [5.74, 6) is 0.458. The Morgan fingerprint density at radius 2 is 2.03 bits per heavy atom. The average Bonchev–Trinajstić information content (AvgIpc) is 3.04. The van der Waals surface area contributed by atoms with Gasteiger partial charge >= 0.3 is 0 Å². The molecule has 2 saturated heterocycles. The van der Waals surface area contributed by atoms with Crippen molar-refractivity contribution in [3.8, 4) is 11.5 Å². The van der Waals surface area contributed by atoms with Gasteiger partial charge in [-0.15, -0.1) is 0 Å². The summed E-state index contributed by atoms with van der Waals surface area (Å²) in [6, 6.07) is 4.47. The lowest BCUT2D eigenvalue weighted by molar-refractivity contribution is -0.132. The molecule has 4 rings (SSSR count). The van der Waals surface area contributed by atoms with Gasteiger partial charge in [-0.1, -0.05) is 0 Å². The molecule has 0 saturated carbocycles. The van der Waals surface area contributed by atoms with Crippen molar-refractivity contribution in [2.75, 3.05) is 31.2 Å². The van der Waals surface area contributed by atoms with E-state index in [-0.39, 0.29) is 42.3 Å². The molecule has 3 heterocycles. The maximum absolute atomic E-state index is 12.7. The first kappa shape index (κ1) is 21.6. The number of Topliss-reactive ketones (excluding diaryl/α,β-unsaturated/α-hetero) is 1. The molecule has 9 nitrogen and oxygen atoms in total. The third kappa shape index (κ3) is 4.84. The number of benzene rings is 1. The summed E-state index contributed by atoms with van der Waals surface area (Å²) < 4.78 is 34.8. The van der Waals surface area contributed by atoms with Gasteiger partial charge in [-0.2, -0.15) is 0 Å². The van der Waals surface area contributed by atoms with Crippen molar-refractivity contribution in [3.63, 3.8) is 0 Å². The fraction of sp³-hybridized carbons (Fsp3) is 0.571. The maximum Gasteiger partial charge on any atom is 0.258 e. The van der Waals surface area contributed by atoms with E-state index in [9.17, 15) is 22.8 Å². The summed E-state index contributed by atoms with van der Waals surface area (Å²) in [6.45, 7) is 2.37. The number of ether oxygens (including phenoxy) is 2. The molecule has 0 bridgehead atoms. The second kappa shape index (κ2) is 8.14. The van der Waals surface area contributed by atoms with Crippen LogP contribution in [0.25, 0.3) is 0 Å². The SMILES string of the molecule is CC(=O)N1CCC2(CC1)CC(=O)c1ccc(OCC(=O)N[C@H]3CCS(=O)(=O)C3)cc1O2. The highest BCUT2D eigenvalue weighted by molar-refractivity contribution is 7.91. The number of nitrogens with zero attached hydrogens (tertiary/aromatic N) is 1. The van der Waals surface area contributed by atoms with Gasteiger partial charge < -0.3 is 19.7 Å². The molecule has 0 aliphatic carbocycles. The molecule has 2 fully saturated rings. The molecule has 168 valence electrons. The van der Waals surface area contributed by atoms with E-state index < -0.39 is 21.3 Å². The summed E-state index contributed by atoms with van der Waals surface area (Å²) in [7, 11) is -3.07. The van der Waals surface area contributed by atoms with E-state index in [2.05, 4.69) is 5.32 Å². The third-order valence-corrected chi connectivity index (χ3v) is 7.92. The Bertz CT molecular complexity index is 1010. The minimum absolute atomic E-state index is 0.00994. The summed E-state index contributed by atoms with van der Waals surface area (Å²) in [4.78, 5) is 38.1. The van der Waals surface area contributed by atoms with Gasteiger partial charge in [0.2, 0.25) is 5.91 Å². The fourth-order valence-corrected chi connectivity index (χ4v) is 6.07. The molecule has 1 N–H and O–H groups in total. The molecule has 10 heteroatoms. The van der Waals surface area contributed by atoms with Crippen LogP contribution in [0, 0.1) is 0 Å². The number of hydrogen-bond acceptors (Lipinski definition) is 7. The number of likely N-dealkylation sites (tertiary alicyclic amines) is 1. The van der Waals surface area contributed by atoms with Gasteiger partial charge in [0, 0.05) is 45.0 Å². The average molecular weight is 451 g/mol. The van der Waals surface area contributed by atoms with E-state index in [0.29, 0.717) is 49.4 Å². The summed E-state index contributed by atoms with van der Waals surface area (Å²) in [6.07, 6.45) is 1.84. The third-order valence-electron chi connectivity index (χ3n) is 6.15. The molecular formula is C21H26N2O7S. The normalized spacial score (nSPS) is 23.7. The standard InChI is InChI=1S/C21H26N2O7S/c1-14(24)23-7-5-21(6-8-23)11-18(25)17-3-2-16(10-19(17)30-21)29-12-20(26)22-15-4-9-31(27,28)13-15/h2-3,10,15H,4-9,11-13H2,1H3,(H,22,26)/t15-/m0/s1. The lowest BCUT2D eigenvalue weighted by Crippen LogP contribution is -2.51. The Morgan fingerprint density at radius 1 is 1.29 bits per heavy atom. The van der Waals surface area contributed by atoms with Crippen molar-refractivity contribution in [2.24, 2.45) is 0 Å². The zero-order valence-corrected chi connectivity index (χ0v) is 18.2. The number of carbonyl (C=O) groups excluding carboxylic acids is 3. The Labute approximate surface area is 181 Å². The van der Waals surface area contributed by atoms with Gasteiger partial charge in [0.25, 0.3) is 5.91 Å². The smallest absolute Gasteiger partial charge is 0.258 e. The van der Waals surface area contributed by atoms with Crippen LogP contribution in [-0.4, -0.2) is 73.8 Å². The molecule has 2 amide bonds. The van der Waals surface area contributed by atoms with Crippen LogP contribution < -0.4 is 14.8 Å². The Hall–Kier alpha value is -2.62. The second-order valence-corrected chi connectivity index (χ2v) is 10.7. The maximum atomic E-state index is 12.7. The number of amides is 2. The Morgan fingerprint density at radius 3 is 2.68 bits per heavy atom. The molecule has 0 aromatic heterocycles. The highest BCUT2D eigenvalue weighted by atomic mass is 32.2. The van der Waals surface area contributed by atoms with E-state index in [0.717, 1.165) is 0 Å². The molecule has 0 radical (unpaired) electrons. The topological polar surface area (TPSA) is 119 Å². The van der Waals surface area contributed by atoms with Crippen LogP contribution in [0.1, 0.15) is 43.0 Å². The molecule has 1 aromatic rings. The first-order valence-electron chi connectivity index (χ1n) is 10.4. The number of rotatable bonds is 4. The number of ketones is 1. The predicted octanol–water partition coefficient (Wildman–Crippen LogP) is 0.715. The first-order valence-corrected chi connectivity index (χ1v) is 12.2. The summed E-state index contributed by atoms with van der Waals surface area (Å²) >= 11 is 0. The number of sulfone groups is 1. The number of hydrogen-bond donors (Lipinski definition) is 1. The van der Waals surface area contributed by atoms with Gasteiger partial charge in [-0.05, 0) is 18.6 Å². The highest BCUT2D eigenvalue weighted by Gasteiger charge is 2.43. The van der Waals surface area contributed by atoms with Gasteiger partial charge in [-0.25, -0.2) is 8.42 Å². The lowest BCUT2D eigenvalue weighted by atomic mass is 9.82. The minimum Gasteiger partial charge on any atom is -0.486 e. The van der Waals surface area contributed by atoms with Crippen molar-refractivity contribution in [2.45, 2.75) is 44.2 Å². The molecular weight excluding hydrogens is 424 g/mol. The molecule has 3 aliphatic rings. The van der Waals surface area contributed by atoms with Crippen molar-refractivity contribution in [1.82, 2.24) is 10.2 Å². The van der Waals surface area contributed by atoms with E-state index >= 15 is 0 Å². The Kier molecular flexibility index (Phi) is 5.67. The number of carbonyl (C=O) groups is 3. The van der Waals surface area contributed by atoms with E-state index in [1.807, 2.05) is 0 Å². The van der Waals surface area contributed by atoms with Crippen LogP contribution in [0.15, 0.2) is 18.2 Å². The van der Waals surface area contributed by atoms with Gasteiger partial charge in [0.1, 0.15) is 17.1 Å². The number of nitrogens with one attached hydrogen (secondary N) is 1. The minimum atomic E-state index is -3.07. The van der Waals surface area contributed by atoms with Crippen molar-refractivity contribution in [3.05, 3.63) is 23.8 Å². The molecule has 31 heavy (non-hydrogen) atoms. The van der Waals surface area contributed by atoms with Gasteiger partial charge in [0.15, 0.2) is 22.2 Å². The zero-order chi connectivity index (χ0) is 22.2. The molecule has 1 aromatic carbocycles. The van der Waals surface area contributed by atoms with Gasteiger partial charge in [-0.3, -0.25) is 14.4 Å². The lowest BCUT2D eigenvalue weighted by Gasteiger charge is -2.43.